The van der Waals surface area contributed by atoms with Crippen molar-refractivity contribution in [1.82, 2.24) is 5.32 Å². The van der Waals surface area contributed by atoms with E-state index >= 15 is 0 Å². The average molecular weight is 205 g/mol. The first kappa shape index (κ1) is 10.7. The summed E-state index contributed by atoms with van der Waals surface area (Å²) in [5.74, 6) is 0.834. The lowest BCUT2D eigenvalue weighted by Crippen LogP contribution is -2.10. The molecule has 1 atom stereocenters. The Balaban J connectivity index is 1.59. The first-order valence-electron chi connectivity index (χ1n) is 5.77. The van der Waals surface area contributed by atoms with Crippen LogP contribution in [0.25, 0.3) is 0 Å². The Morgan fingerprint density at radius 2 is 2.13 bits per heavy atom. The second kappa shape index (κ2) is 5.89. The van der Waals surface area contributed by atoms with Crippen LogP contribution in [0.15, 0.2) is 30.3 Å². The molecule has 0 amide bonds. The summed E-state index contributed by atoms with van der Waals surface area (Å²) in [4.78, 5) is 0. The number of benzene rings is 1. The number of hydrogen-bond donors (Lipinski definition) is 1. The summed E-state index contributed by atoms with van der Waals surface area (Å²) in [7, 11) is 0. The van der Waals surface area contributed by atoms with Gasteiger partial charge in [-0.1, -0.05) is 30.3 Å². The normalized spacial score (nSPS) is 20.7. The molecule has 1 N–H and O–H groups in total. The third kappa shape index (κ3) is 3.65. The van der Waals surface area contributed by atoms with Crippen LogP contribution >= 0.6 is 0 Å². The zero-order valence-corrected chi connectivity index (χ0v) is 9.11. The van der Waals surface area contributed by atoms with E-state index in [1.807, 2.05) is 6.07 Å². The number of nitrogens with one attached hydrogen (secondary N) is 1. The molecule has 0 spiro atoms. The van der Waals surface area contributed by atoms with E-state index in [0.29, 0.717) is 0 Å². The van der Waals surface area contributed by atoms with E-state index in [4.69, 9.17) is 4.74 Å². The van der Waals surface area contributed by atoms with Crippen molar-refractivity contribution in [2.24, 2.45) is 5.92 Å². The highest BCUT2D eigenvalue weighted by Crippen LogP contribution is 2.12. The summed E-state index contributed by atoms with van der Waals surface area (Å²) < 4.78 is 5.65. The maximum absolute atomic E-state index is 5.65. The van der Waals surface area contributed by atoms with E-state index in [9.17, 15) is 0 Å². The van der Waals surface area contributed by atoms with Gasteiger partial charge in [-0.15, -0.1) is 0 Å². The fourth-order valence-electron chi connectivity index (χ4n) is 1.98. The molecule has 1 aliphatic rings. The largest absolute Gasteiger partial charge is 0.377 e. The summed E-state index contributed by atoms with van der Waals surface area (Å²) in [5.41, 5.74) is 1.27. The summed E-state index contributed by atoms with van der Waals surface area (Å²) in [6.07, 6.45) is 2.51. The molecule has 15 heavy (non-hydrogen) atoms. The van der Waals surface area contributed by atoms with Crippen LogP contribution in [-0.2, 0) is 11.3 Å². The first-order chi connectivity index (χ1) is 7.45. The van der Waals surface area contributed by atoms with Crippen LogP contribution in [0.5, 0.6) is 0 Å². The van der Waals surface area contributed by atoms with E-state index in [0.717, 1.165) is 19.1 Å². The molecule has 0 bridgehead atoms. The fourth-order valence-corrected chi connectivity index (χ4v) is 1.98. The Hall–Kier alpha value is -0.860. The molecule has 0 aromatic heterocycles. The molecule has 0 saturated carbocycles. The quantitative estimate of drug-likeness (QED) is 0.744. The Bertz CT molecular complexity index is 267. The van der Waals surface area contributed by atoms with Gasteiger partial charge < -0.3 is 10.1 Å². The minimum Gasteiger partial charge on any atom is -0.377 e. The molecule has 0 aliphatic carbocycles. The van der Waals surface area contributed by atoms with Crippen LogP contribution in [0.1, 0.15) is 18.4 Å². The Morgan fingerprint density at radius 3 is 2.87 bits per heavy atom. The van der Waals surface area contributed by atoms with Gasteiger partial charge in [-0.05, 0) is 37.4 Å². The van der Waals surface area contributed by atoms with E-state index in [1.165, 1.54) is 31.5 Å². The molecule has 2 nitrogen and oxygen atoms in total. The van der Waals surface area contributed by atoms with Crippen LogP contribution in [0, 0.1) is 5.92 Å². The topological polar surface area (TPSA) is 21.3 Å². The van der Waals surface area contributed by atoms with E-state index in [2.05, 4.69) is 29.6 Å². The van der Waals surface area contributed by atoms with Crippen molar-refractivity contribution >= 4 is 0 Å². The summed E-state index contributed by atoms with van der Waals surface area (Å²) in [6.45, 7) is 4.00. The molecule has 1 aromatic rings. The molecule has 0 unspecified atom stereocenters. The van der Waals surface area contributed by atoms with Crippen molar-refractivity contribution in [3.63, 3.8) is 0 Å². The maximum atomic E-state index is 5.65. The molecule has 1 fully saturated rings. The number of rotatable bonds is 5. The molecule has 0 radical (unpaired) electrons. The van der Waals surface area contributed by atoms with Crippen molar-refractivity contribution < 1.29 is 4.74 Å². The van der Waals surface area contributed by atoms with Crippen LogP contribution in [-0.4, -0.2) is 19.7 Å². The van der Waals surface area contributed by atoms with E-state index in [-0.39, 0.29) is 0 Å². The molecule has 1 aliphatic heterocycles. The Morgan fingerprint density at radius 1 is 1.27 bits per heavy atom. The molecular formula is C13H19NO. The minimum atomic E-state index is 0.751. The lowest BCUT2D eigenvalue weighted by molar-refractivity contribution is 0.109. The van der Waals surface area contributed by atoms with Crippen LogP contribution < -0.4 is 5.32 Å². The highest BCUT2D eigenvalue weighted by atomic mass is 16.5. The number of hydrogen-bond acceptors (Lipinski definition) is 2. The van der Waals surface area contributed by atoms with Gasteiger partial charge in [0.05, 0.1) is 6.61 Å². The van der Waals surface area contributed by atoms with Gasteiger partial charge in [0.2, 0.25) is 0 Å². The van der Waals surface area contributed by atoms with Gasteiger partial charge in [-0.2, -0.15) is 0 Å². The number of ether oxygens (including phenoxy) is 1. The van der Waals surface area contributed by atoms with Gasteiger partial charge >= 0.3 is 0 Å². The van der Waals surface area contributed by atoms with Crippen molar-refractivity contribution in [1.29, 1.82) is 0 Å². The predicted molar refractivity (Wildman–Crippen MR) is 61.7 cm³/mol. The van der Waals surface area contributed by atoms with Gasteiger partial charge in [-0.25, -0.2) is 0 Å². The zero-order chi connectivity index (χ0) is 10.3. The van der Waals surface area contributed by atoms with Gasteiger partial charge in [0.25, 0.3) is 0 Å². The molecule has 1 aromatic carbocycles. The SMILES string of the molecule is c1ccc(COCC[C@H]2CCNC2)cc1. The van der Waals surface area contributed by atoms with Crippen molar-refractivity contribution in [2.45, 2.75) is 19.4 Å². The molecule has 82 valence electrons. The van der Waals surface area contributed by atoms with Crippen molar-refractivity contribution in [3.8, 4) is 0 Å². The lowest BCUT2D eigenvalue weighted by Gasteiger charge is -2.08. The standard InChI is InChI=1S/C13H19NO/c1-2-4-13(5-3-1)11-15-9-7-12-6-8-14-10-12/h1-5,12,14H,6-11H2/t12-/m1/s1. The van der Waals surface area contributed by atoms with Crippen molar-refractivity contribution in [3.05, 3.63) is 35.9 Å². The third-order valence-electron chi connectivity index (χ3n) is 2.94. The second-order valence-electron chi connectivity index (χ2n) is 4.19. The molecule has 2 rings (SSSR count). The first-order valence-corrected chi connectivity index (χ1v) is 5.77. The Kier molecular flexibility index (Phi) is 4.18. The monoisotopic (exact) mass is 205 g/mol. The predicted octanol–water partition coefficient (Wildman–Crippen LogP) is 2.20. The third-order valence-corrected chi connectivity index (χ3v) is 2.94. The van der Waals surface area contributed by atoms with Gasteiger partial charge in [0.1, 0.15) is 0 Å². The van der Waals surface area contributed by atoms with Crippen LogP contribution in [0.4, 0.5) is 0 Å². The highest BCUT2D eigenvalue weighted by Gasteiger charge is 2.13. The van der Waals surface area contributed by atoms with E-state index < -0.39 is 0 Å². The molecule has 2 heteroatoms. The van der Waals surface area contributed by atoms with Gasteiger partial charge in [0, 0.05) is 6.61 Å². The minimum absolute atomic E-state index is 0.751. The molecular weight excluding hydrogens is 186 g/mol. The smallest absolute Gasteiger partial charge is 0.0716 e. The second-order valence-corrected chi connectivity index (χ2v) is 4.19. The fraction of sp³-hybridized carbons (Fsp3) is 0.538. The Labute approximate surface area is 91.6 Å². The summed E-state index contributed by atoms with van der Waals surface area (Å²) >= 11 is 0. The average Bonchev–Trinajstić information content (AvgIpc) is 2.79. The lowest BCUT2D eigenvalue weighted by atomic mass is 10.1. The van der Waals surface area contributed by atoms with Crippen LogP contribution in [0.3, 0.4) is 0 Å². The maximum Gasteiger partial charge on any atom is 0.0716 e. The summed E-state index contributed by atoms with van der Waals surface area (Å²) in [5, 5.41) is 3.38. The molecule has 1 heterocycles. The molecule has 1 saturated heterocycles. The zero-order valence-electron chi connectivity index (χ0n) is 9.11. The van der Waals surface area contributed by atoms with E-state index in [1.54, 1.807) is 0 Å². The summed E-state index contributed by atoms with van der Waals surface area (Å²) in [6, 6.07) is 10.4. The van der Waals surface area contributed by atoms with Gasteiger partial charge in [-0.3, -0.25) is 0 Å². The van der Waals surface area contributed by atoms with Gasteiger partial charge in [0.15, 0.2) is 0 Å². The van der Waals surface area contributed by atoms with Crippen molar-refractivity contribution in [2.75, 3.05) is 19.7 Å². The van der Waals surface area contributed by atoms with Crippen LogP contribution in [0.2, 0.25) is 0 Å². The highest BCUT2D eigenvalue weighted by molar-refractivity contribution is 5.13.